The second-order valence-corrected chi connectivity index (χ2v) is 3.38. The minimum atomic E-state index is -0.257. The quantitative estimate of drug-likeness (QED) is 0.660. The van der Waals surface area contributed by atoms with Gasteiger partial charge in [0, 0.05) is 5.41 Å². The van der Waals surface area contributed by atoms with Gasteiger partial charge in [0.2, 0.25) is 0 Å². The van der Waals surface area contributed by atoms with Crippen molar-refractivity contribution < 1.29 is 0 Å². The predicted octanol–water partition coefficient (Wildman–Crippen LogP) is 3.19. The average molecular weight is 183 g/mol. The van der Waals surface area contributed by atoms with Crippen molar-refractivity contribution in [1.29, 1.82) is 5.26 Å². The first-order chi connectivity index (χ1) is 6.66. The highest BCUT2D eigenvalue weighted by atomic mass is 14.3. The first-order valence-corrected chi connectivity index (χ1v) is 4.44. The maximum atomic E-state index is 8.77. The summed E-state index contributed by atoms with van der Waals surface area (Å²) in [5, 5.41) is 8.77. The first-order valence-electron chi connectivity index (χ1n) is 4.44. The lowest BCUT2D eigenvalue weighted by molar-refractivity contribution is 0.762. The van der Waals surface area contributed by atoms with Crippen LogP contribution >= 0.6 is 0 Å². The van der Waals surface area contributed by atoms with E-state index in [1.165, 1.54) is 0 Å². The van der Waals surface area contributed by atoms with Gasteiger partial charge in [0.15, 0.2) is 0 Å². The minimum Gasteiger partial charge on any atom is -0.192 e. The molecule has 0 aromatic heterocycles. The monoisotopic (exact) mass is 183 g/mol. The molecular weight excluding hydrogens is 170 g/mol. The van der Waals surface area contributed by atoms with E-state index in [-0.39, 0.29) is 5.41 Å². The van der Waals surface area contributed by atoms with Crippen molar-refractivity contribution in [3.8, 4) is 6.07 Å². The summed E-state index contributed by atoms with van der Waals surface area (Å²) >= 11 is 0. The van der Waals surface area contributed by atoms with Crippen LogP contribution in [0.5, 0.6) is 0 Å². The number of benzene rings is 1. The third kappa shape index (κ3) is 1.75. The molecule has 0 heterocycles. The Kier molecular flexibility index (Phi) is 2.89. The van der Waals surface area contributed by atoms with E-state index in [9.17, 15) is 0 Å². The lowest BCUT2D eigenvalue weighted by atomic mass is 9.82. The topological polar surface area (TPSA) is 23.8 Å². The van der Waals surface area contributed by atoms with Crippen molar-refractivity contribution in [2.75, 3.05) is 0 Å². The fourth-order valence-electron chi connectivity index (χ4n) is 1.24. The van der Waals surface area contributed by atoms with Crippen LogP contribution in [0.1, 0.15) is 18.1 Å². The molecule has 1 aromatic carbocycles. The Hall–Kier alpha value is -1.81. The summed E-state index contributed by atoms with van der Waals surface area (Å²) in [6.07, 6.45) is 3.66. The summed E-state index contributed by atoms with van der Waals surface area (Å²) < 4.78 is 0. The minimum absolute atomic E-state index is 0.257. The highest BCUT2D eigenvalue weighted by molar-refractivity contribution is 5.40. The molecule has 0 N–H and O–H groups in total. The van der Waals surface area contributed by atoms with Gasteiger partial charge in [-0.2, -0.15) is 5.26 Å². The summed E-state index contributed by atoms with van der Waals surface area (Å²) in [5.41, 5.74) is 1.45. The van der Waals surface area contributed by atoms with E-state index in [1.54, 1.807) is 6.07 Å². The summed E-state index contributed by atoms with van der Waals surface area (Å²) in [7, 11) is 0. The Morgan fingerprint density at radius 3 is 2.50 bits per heavy atom. The van der Waals surface area contributed by atoms with Gasteiger partial charge in [0.25, 0.3) is 0 Å². The molecule has 0 spiro atoms. The molecule has 1 aromatic rings. The molecule has 0 saturated heterocycles. The van der Waals surface area contributed by atoms with Crippen LogP contribution in [0.2, 0.25) is 0 Å². The van der Waals surface area contributed by atoms with Crippen LogP contribution in [0.15, 0.2) is 49.6 Å². The summed E-state index contributed by atoms with van der Waals surface area (Å²) in [4.78, 5) is 0. The van der Waals surface area contributed by atoms with Gasteiger partial charge in [0.1, 0.15) is 0 Å². The molecule has 1 rings (SSSR count). The van der Waals surface area contributed by atoms with E-state index in [4.69, 9.17) is 5.26 Å². The fourth-order valence-corrected chi connectivity index (χ4v) is 1.24. The number of hydrogen-bond donors (Lipinski definition) is 0. The molecular formula is C13H13N. The molecule has 0 radical (unpaired) electrons. The molecule has 0 aliphatic heterocycles. The number of nitriles is 1. The molecule has 0 bridgehead atoms. The average Bonchev–Trinajstić information content (AvgIpc) is 2.28. The van der Waals surface area contributed by atoms with Crippen LogP contribution in [-0.4, -0.2) is 0 Å². The van der Waals surface area contributed by atoms with Gasteiger partial charge >= 0.3 is 0 Å². The third-order valence-electron chi connectivity index (χ3n) is 2.46. The predicted molar refractivity (Wildman–Crippen MR) is 58.9 cm³/mol. The van der Waals surface area contributed by atoms with Gasteiger partial charge in [-0.05, 0) is 24.6 Å². The first kappa shape index (κ1) is 10.3. The SMILES string of the molecule is C=CC(C)(C=C)c1cccc(C#N)c1. The lowest BCUT2D eigenvalue weighted by Crippen LogP contribution is -2.14. The largest absolute Gasteiger partial charge is 0.192 e. The summed E-state index contributed by atoms with van der Waals surface area (Å²) in [6, 6.07) is 9.62. The maximum absolute atomic E-state index is 8.77. The van der Waals surface area contributed by atoms with E-state index >= 15 is 0 Å². The molecule has 0 unspecified atom stereocenters. The van der Waals surface area contributed by atoms with Crippen molar-refractivity contribution in [3.63, 3.8) is 0 Å². The summed E-state index contributed by atoms with van der Waals surface area (Å²) in [5.74, 6) is 0. The normalized spacial score (nSPS) is 10.3. The number of hydrogen-bond acceptors (Lipinski definition) is 1. The highest BCUT2D eigenvalue weighted by Crippen LogP contribution is 2.26. The Bertz CT molecular complexity index is 388. The molecule has 1 heteroatoms. The Balaban J connectivity index is 3.25. The number of allylic oxidation sites excluding steroid dienone is 2. The van der Waals surface area contributed by atoms with Gasteiger partial charge in [-0.3, -0.25) is 0 Å². The van der Waals surface area contributed by atoms with E-state index in [1.807, 2.05) is 37.3 Å². The second-order valence-electron chi connectivity index (χ2n) is 3.38. The zero-order valence-electron chi connectivity index (χ0n) is 8.33. The van der Waals surface area contributed by atoms with Gasteiger partial charge < -0.3 is 0 Å². The fraction of sp³-hybridized carbons (Fsp3) is 0.154. The van der Waals surface area contributed by atoms with Crippen molar-refractivity contribution in [2.24, 2.45) is 0 Å². The van der Waals surface area contributed by atoms with Crippen LogP contribution in [0.4, 0.5) is 0 Å². The van der Waals surface area contributed by atoms with Gasteiger partial charge in [-0.25, -0.2) is 0 Å². The molecule has 14 heavy (non-hydrogen) atoms. The van der Waals surface area contributed by atoms with Crippen molar-refractivity contribution in [2.45, 2.75) is 12.3 Å². The second kappa shape index (κ2) is 3.93. The van der Waals surface area contributed by atoms with E-state index in [0.29, 0.717) is 5.56 Å². The molecule has 0 fully saturated rings. The smallest absolute Gasteiger partial charge is 0.0991 e. The Morgan fingerprint density at radius 1 is 1.36 bits per heavy atom. The van der Waals surface area contributed by atoms with Gasteiger partial charge in [-0.15, -0.1) is 13.2 Å². The Morgan fingerprint density at radius 2 is 2.00 bits per heavy atom. The maximum Gasteiger partial charge on any atom is 0.0991 e. The zero-order valence-corrected chi connectivity index (χ0v) is 8.33. The van der Waals surface area contributed by atoms with Crippen LogP contribution in [0.3, 0.4) is 0 Å². The Labute approximate surface area is 85.0 Å². The van der Waals surface area contributed by atoms with Crippen molar-refractivity contribution in [3.05, 3.63) is 60.7 Å². The number of nitrogens with zero attached hydrogens (tertiary/aromatic N) is 1. The molecule has 0 atom stereocenters. The van der Waals surface area contributed by atoms with Crippen molar-refractivity contribution in [1.82, 2.24) is 0 Å². The van der Waals surface area contributed by atoms with E-state index < -0.39 is 0 Å². The van der Waals surface area contributed by atoms with Gasteiger partial charge in [0.05, 0.1) is 11.6 Å². The lowest BCUT2D eigenvalue weighted by Gasteiger charge is -2.21. The van der Waals surface area contributed by atoms with Crippen molar-refractivity contribution >= 4 is 0 Å². The van der Waals surface area contributed by atoms with Crippen LogP contribution in [0.25, 0.3) is 0 Å². The molecule has 1 nitrogen and oxygen atoms in total. The van der Waals surface area contributed by atoms with Crippen LogP contribution < -0.4 is 0 Å². The molecule has 70 valence electrons. The molecule has 0 saturated carbocycles. The third-order valence-corrected chi connectivity index (χ3v) is 2.46. The highest BCUT2D eigenvalue weighted by Gasteiger charge is 2.18. The standard InChI is InChI=1S/C13H13N/c1-4-13(3,5-2)12-8-6-7-11(9-12)10-14/h4-9H,1-2H2,3H3. The molecule has 0 amide bonds. The zero-order chi connectivity index (χ0) is 10.6. The number of rotatable bonds is 3. The van der Waals surface area contributed by atoms with Gasteiger partial charge in [-0.1, -0.05) is 24.3 Å². The molecule has 0 aliphatic rings. The molecule has 0 aliphatic carbocycles. The summed E-state index contributed by atoms with van der Waals surface area (Å²) in [6.45, 7) is 9.58. The van der Waals surface area contributed by atoms with Crippen LogP contribution in [0, 0.1) is 11.3 Å². The van der Waals surface area contributed by atoms with E-state index in [2.05, 4.69) is 19.2 Å². The van der Waals surface area contributed by atoms with E-state index in [0.717, 1.165) is 5.56 Å². The van der Waals surface area contributed by atoms with Crippen LogP contribution in [-0.2, 0) is 5.41 Å².